The summed E-state index contributed by atoms with van der Waals surface area (Å²) in [5, 5.41) is 0. The third kappa shape index (κ3) is 2.56. The molecule has 1 heterocycles. The molecular weight excluding hydrogens is 224 g/mol. The average molecular weight is 246 g/mol. The minimum atomic E-state index is 0.151. The van der Waals surface area contributed by atoms with E-state index < -0.39 is 0 Å². The fraction of sp³-hybridized carbons (Fsp3) is 0.533. The third-order valence-electron chi connectivity index (χ3n) is 4.07. The zero-order chi connectivity index (χ0) is 13.1. The van der Waals surface area contributed by atoms with Gasteiger partial charge in [-0.3, -0.25) is 4.79 Å². The van der Waals surface area contributed by atoms with E-state index in [0.29, 0.717) is 18.5 Å². The number of rotatable bonds is 2. The van der Waals surface area contributed by atoms with Gasteiger partial charge in [0.25, 0.3) is 5.91 Å². The first-order valence-corrected chi connectivity index (χ1v) is 6.73. The molecule has 3 heteroatoms. The Balaban J connectivity index is 2.14. The Hall–Kier alpha value is -1.35. The number of nitrogens with two attached hydrogens (primary N) is 1. The molecule has 1 aliphatic rings. The minimum absolute atomic E-state index is 0.151. The molecule has 1 aromatic rings. The summed E-state index contributed by atoms with van der Waals surface area (Å²) in [6.45, 7) is 5.77. The minimum Gasteiger partial charge on any atom is -0.336 e. The van der Waals surface area contributed by atoms with Crippen molar-refractivity contribution in [2.24, 2.45) is 11.7 Å². The van der Waals surface area contributed by atoms with E-state index in [9.17, 15) is 4.79 Å². The number of hydrogen-bond acceptors (Lipinski definition) is 2. The van der Waals surface area contributed by atoms with Gasteiger partial charge in [0.2, 0.25) is 0 Å². The monoisotopic (exact) mass is 246 g/mol. The number of amides is 1. The van der Waals surface area contributed by atoms with Gasteiger partial charge < -0.3 is 10.6 Å². The topological polar surface area (TPSA) is 46.3 Å². The van der Waals surface area contributed by atoms with Gasteiger partial charge in [-0.15, -0.1) is 0 Å². The van der Waals surface area contributed by atoms with Crippen molar-refractivity contribution in [2.45, 2.75) is 39.3 Å². The number of piperidine rings is 1. The molecule has 1 amide bonds. The van der Waals surface area contributed by atoms with Crippen LogP contribution in [-0.2, 0) is 6.54 Å². The number of carbonyl (C=O) groups excluding carboxylic acids is 1. The highest BCUT2D eigenvalue weighted by Crippen LogP contribution is 2.24. The summed E-state index contributed by atoms with van der Waals surface area (Å²) in [4.78, 5) is 14.5. The summed E-state index contributed by atoms with van der Waals surface area (Å²) in [6.07, 6.45) is 2.33. The Morgan fingerprint density at radius 1 is 1.33 bits per heavy atom. The molecule has 0 bridgehead atoms. The van der Waals surface area contributed by atoms with Crippen molar-refractivity contribution in [3.8, 4) is 0 Å². The number of benzene rings is 1. The SMILES string of the molecule is CC1CCCN(C(=O)c2ccc(CN)cc2)C1C. The standard InChI is InChI=1S/C15H22N2O/c1-11-4-3-9-17(12(11)2)15(18)14-7-5-13(10-16)6-8-14/h5-8,11-12H,3-4,9-10,16H2,1-2H3. The van der Waals surface area contributed by atoms with Crippen LogP contribution in [0.25, 0.3) is 0 Å². The Bertz CT molecular complexity index is 413. The van der Waals surface area contributed by atoms with Gasteiger partial charge in [-0.05, 0) is 43.4 Å². The number of likely N-dealkylation sites (tertiary alicyclic amines) is 1. The van der Waals surface area contributed by atoms with Gasteiger partial charge in [-0.1, -0.05) is 19.1 Å². The highest BCUT2D eigenvalue weighted by molar-refractivity contribution is 5.94. The van der Waals surface area contributed by atoms with Crippen molar-refractivity contribution in [2.75, 3.05) is 6.54 Å². The highest BCUT2D eigenvalue weighted by Gasteiger charge is 2.28. The number of hydrogen-bond donors (Lipinski definition) is 1. The van der Waals surface area contributed by atoms with Gasteiger partial charge in [0.05, 0.1) is 0 Å². The van der Waals surface area contributed by atoms with E-state index in [2.05, 4.69) is 13.8 Å². The van der Waals surface area contributed by atoms with Crippen LogP contribution >= 0.6 is 0 Å². The Kier molecular flexibility index (Phi) is 4.02. The molecular formula is C15H22N2O. The second-order valence-corrected chi connectivity index (χ2v) is 5.26. The van der Waals surface area contributed by atoms with Gasteiger partial charge in [-0.25, -0.2) is 0 Å². The fourth-order valence-corrected chi connectivity index (χ4v) is 2.57. The zero-order valence-corrected chi connectivity index (χ0v) is 11.2. The van der Waals surface area contributed by atoms with E-state index >= 15 is 0 Å². The predicted octanol–water partition coefficient (Wildman–Crippen LogP) is 2.41. The second-order valence-electron chi connectivity index (χ2n) is 5.26. The van der Waals surface area contributed by atoms with Crippen LogP contribution in [0, 0.1) is 5.92 Å². The summed E-state index contributed by atoms with van der Waals surface area (Å²) < 4.78 is 0. The lowest BCUT2D eigenvalue weighted by Gasteiger charge is -2.38. The van der Waals surface area contributed by atoms with Crippen LogP contribution in [0.15, 0.2) is 24.3 Å². The molecule has 1 fully saturated rings. The predicted molar refractivity (Wildman–Crippen MR) is 73.2 cm³/mol. The zero-order valence-electron chi connectivity index (χ0n) is 11.2. The first kappa shape index (κ1) is 13.1. The van der Waals surface area contributed by atoms with Crippen LogP contribution < -0.4 is 5.73 Å². The number of nitrogens with zero attached hydrogens (tertiary/aromatic N) is 1. The van der Waals surface area contributed by atoms with E-state index in [1.54, 1.807) is 0 Å². The molecule has 2 atom stereocenters. The molecule has 2 unspecified atom stereocenters. The van der Waals surface area contributed by atoms with Gasteiger partial charge in [0.1, 0.15) is 0 Å². The molecule has 98 valence electrons. The lowest BCUT2D eigenvalue weighted by molar-refractivity contribution is 0.0551. The maximum atomic E-state index is 12.4. The molecule has 0 spiro atoms. The summed E-state index contributed by atoms with van der Waals surface area (Å²) in [6, 6.07) is 7.98. The third-order valence-corrected chi connectivity index (χ3v) is 4.07. The quantitative estimate of drug-likeness (QED) is 0.871. The molecule has 2 rings (SSSR count). The Labute approximate surface area is 109 Å². The highest BCUT2D eigenvalue weighted by atomic mass is 16.2. The van der Waals surface area contributed by atoms with Crippen LogP contribution in [0.3, 0.4) is 0 Å². The van der Waals surface area contributed by atoms with Crippen molar-refractivity contribution in [3.05, 3.63) is 35.4 Å². The van der Waals surface area contributed by atoms with E-state index in [-0.39, 0.29) is 5.91 Å². The molecule has 0 radical (unpaired) electrons. The van der Waals surface area contributed by atoms with Gasteiger partial charge in [-0.2, -0.15) is 0 Å². The maximum absolute atomic E-state index is 12.4. The largest absolute Gasteiger partial charge is 0.336 e. The molecule has 0 saturated carbocycles. The first-order valence-electron chi connectivity index (χ1n) is 6.73. The van der Waals surface area contributed by atoms with E-state index in [1.165, 1.54) is 6.42 Å². The summed E-state index contributed by atoms with van der Waals surface area (Å²) >= 11 is 0. The van der Waals surface area contributed by atoms with Crippen molar-refractivity contribution >= 4 is 5.91 Å². The molecule has 0 aliphatic carbocycles. The van der Waals surface area contributed by atoms with Crippen LogP contribution in [0.2, 0.25) is 0 Å². The average Bonchev–Trinajstić information content (AvgIpc) is 2.41. The van der Waals surface area contributed by atoms with Crippen LogP contribution in [0.1, 0.15) is 42.6 Å². The second kappa shape index (κ2) is 5.53. The summed E-state index contributed by atoms with van der Waals surface area (Å²) in [5.41, 5.74) is 7.40. The van der Waals surface area contributed by atoms with E-state index in [0.717, 1.165) is 24.1 Å². The first-order chi connectivity index (χ1) is 8.63. The van der Waals surface area contributed by atoms with Crippen molar-refractivity contribution in [1.29, 1.82) is 0 Å². The maximum Gasteiger partial charge on any atom is 0.254 e. The van der Waals surface area contributed by atoms with Gasteiger partial charge in [0, 0.05) is 24.7 Å². The van der Waals surface area contributed by atoms with Crippen LogP contribution in [0.5, 0.6) is 0 Å². The van der Waals surface area contributed by atoms with Crippen molar-refractivity contribution in [1.82, 2.24) is 4.90 Å². The molecule has 1 saturated heterocycles. The van der Waals surface area contributed by atoms with E-state index in [1.807, 2.05) is 29.2 Å². The Morgan fingerprint density at radius 2 is 2.00 bits per heavy atom. The van der Waals surface area contributed by atoms with Gasteiger partial charge in [0.15, 0.2) is 0 Å². The lowest BCUT2D eigenvalue weighted by atomic mass is 9.91. The molecule has 0 aromatic heterocycles. The molecule has 18 heavy (non-hydrogen) atoms. The van der Waals surface area contributed by atoms with Crippen LogP contribution in [0.4, 0.5) is 0 Å². The molecule has 1 aliphatic heterocycles. The summed E-state index contributed by atoms with van der Waals surface area (Å²) in [5.74, 6) is 0.739. The number of carbonyl (C=O) groups is 1. The molecule has 1 aromatic carbocycles. The van der Waals surface area contributed by atoms with Crippen molar-refractivity contribution < 1.29 is 4.79 Å². The van der Waals surface area contributed by atoms with Crippen LogP contribution in [-0.4, -0.2) is 23.4 Å². The smallest absolute Gasteiger partial charge is 0.254 e. The van der Waals surface area contributed by atoms with E-state index in [4.69, 9.17) is 5.73 Å². The normalized spacial score (nSPS) is 24.1. The summed E-state index contributed by atoms with van der Waals surface area (Å²) in [7, 11) is 0. The van der Waals surface area contributed by atoms with Gasteiger partial charge >= 0.3 is 0 Å². The molecule has 2 N–H and O–H groups in total. The Morgan fingerprint density at radius 3 is 2.61 bits per heavy atom. The van der Waals surface area contributed by atoms with Crippen molar-refractivity contribution in [3.63, 3.8) is 0 Å². The molecule has 3 nitrogen and oxygen atoms in total. The fourth-order valence-electron chi connectivity index (χ4n) is 2.57. The lowest BCUT2D eigenvalue weighted by Crippen LogP contribution is -2.46.